The predicted molar refractivity (Wildman–Crippen MR) is 100 cm³/mol. The highest BCUT2D eigenvalue weighted by atomic mass is 16.5. The summed E-state index contributed by atoms with van der Waals surface area (Å²) in [7, 11) is 0. The second kappa shape index (κ2) is 9.62. The van der Waals surface area contributed by atoms with E-state index in [-0.39, 0.29) is 24.5 Å². The minimum absolute atomic E-state index is 0.00936. The van der Waals surface area contributed by atoms with Crippen LogP contribution in [0.3, 0.4) is 0 Å². The van der Waals surface area contributed by atoms with E-state index in [2.05, 4.69) is 12.2 Å². The molecule has 0 aliphatic heterocycles. The predicted octanol–water partition coefficient (Wildman–Crippen LogP) is 4.64. The summed E-state index contributed by atoms with van der Waals surface area (Å²) >= 11 is 0. The second-order valence-electron chi connectivity index (χ2n) is 5.88. The molecule has 0 aliphatic rings. The van der Waals surface area contributed by atoms with E-state index in [1.54, 1.807) is 12.1 Å². The van der Waals surface area contributed by atoms with Gasteiger partial charge in [0.15, 0.2) is 5.78 Å². The van der Waals surface area contributed by atoms with Gasteiger partial charge in [0.05, 0.1) is 6.61 Å². The highest BCUT2D eigenvalue weighted by Gasteiger charge is 2.10. The van der Waals surface area contributed by atoms with Crippen LogP contribution in [0.5, 0.6) is 5.75 Å². The summed E-state index contributed by atoms with van der Waals surface area (Å²) in [4.78, 5) is 24.2. The summed E-state index contributed by atoms with van der Waals surface area (Å²) in [6.45, 7) is 4.65. The quantitative estimate of drug-likeness (QED) is 0.677. The Morgan fingerprint density at radius 2 is 1.60 bits per heavy atom. The van der Waals surface area contributed by atoms with Crippen molar-refractivity contribution in [2.24, 2.45) is 0 Å². The molecule has 1 N–H and O–H groups in total. The van der Waals surface area contributed by atoms with Crippen LogP contribution in [0.25, 0.3) is 0 Å². The van der Waals surface area contributed by atoms with E-state index in [0.29, 0.717) is 17.9 Å². The summed E-state index contributed by atoms with van der Waals surface area (Å²) < 4.78 is 5.36. The monoisotopic (exact) mass is 339 g/mol. The zero-order chi connectivity index (χ0) is 18.1. The van der Waals surface area contributed by atoms with Crippen LogP contribution in [0.15, 0.2) is 48.5 Å². The van der Waals surface area contributed by atoms with Gasteiger partial charge < -0.3 is 10.1 Å². The number of anilines is 1. The molecule has 0 saturated heterocycles. The fourth-order valence-corrected chi connectivity index (χ4v) is 2.54. The number of carbonyl (C=O) groups is 2. The summed E-state index contributed by atoms with van der Waals surface area (Å²) in [5.74, 6) is 0.590. The van der Waals surface area contributed by atoms with Crippen molar-refractivity contribution in [2.45, 2.75) is 39.5 Å². The number of benzene rings is 2. The average Bonchev–Trinajstić information content (AvgIpc) is 2.62. The van der Waals surface area contributed by atoms with Crippen LogP contribution in [0, 0.1) is 0 Å². The Bertz CT molecular complexity index is 690. The van der Waals surface area contributed by atoms with E-state index in [1.807, 2.05) is 43.3 Å². The van der Waals surface area contributed by atoms with Gasteiger partial charge in [0.25, 0.3) is 0 Å². The molecular formula is C21H25NO3. The number of amides is 1. The summed E-state index contributed by atoms with van der Waals surface area (Å²) in [6.07, 6.45) is 2.47. The highest BCUT2D eigenvalue weighted by molar-refractivity contribution is 6.00. The van der Waals surface area contributed by atoms with Crippen LogP contribution in [-0.4, -0.2) is 18.3 Å². The van der Waals surface area contributed by atoms with E-state index in [9.17, 15) is 9.59 Å². The fraction of sp³-hybridized carbons (Fsp3) is 0.333. The van der Waals surface area contributed by atoms with Crippen LogP contribution in [0.1, 0.15) is 49.0 Å². The van der Waals surface area contributed by atoms with Gasteiger partial charge in [-0.25, -0.2) is 0 Å². The van der Waals surface area contributed by atoms with Crippen LogP contribution >= 0.6 is 0 Å². The third kappa shape index (κ3) is 6.07. The molecule has 2 aromatic carbocycles. The SMILES string of the molecule is CCCc1ccc(C(=O)CCC(=O)Nc2ccc(OCC)cc2)cc1. The molecular weight excluding hydrogens is 314 g/mol. The lowest BCUT2D eigenvalue weighted by Gasteiger charge is -2.07. The molecule has 0 spiro atoms. The zero-order valence-electron chi connectivity index (χ0n) is 14.9. The third-order valence-electron chi connectivity index (χ3n) is 3.84. The molecule has 0 bridgehead atoms. The molecule has 0 heterocycles. The van der Waals surface area contributed by atoms with Crippen LogP contribution in [0.4, 0.5) is 5.69 Å². The Morgan fingerprint density at radius 1 is 0.920 bits per heavy atom. The topological polar surface area (TPSA) is 55.4 Å². The first-order valence-electron chi connectivity index (χ1n) is 8.77. The van der Waals surface area contributed by atoms with Gasteiger partial charge in [0.1, 0.15) is 5.75 Å². The van der Waals surface area contributed by atoms with Gasteiger partial charge in [-0.1, -0.05) is 37.6 Å². The van der Waals surface area contributed by atoms with Gasteiger partial charge >= 0.3 is 0 Å². The molecule has 0 fully saturated rings. The first-order chi connectivity index (χ1) is 12.1. The molecule has 4 heteroatoms. The number of nitrogens with one attached hydrogen (secondary N) is 1. The molecule has 132 valence electrons. The fourth-order valence-electron chi connectivity index (χ4n) is 2.54. The molecule has 25 heavy (non-hydrogen) atoms. The van der Waals surface area contributed by atoms with E-state index in [0.717, 1.165) is 18.6 Å². The second-order valence-corrected chi connectivity index (χ2v) is 5.88. The van der Waals surface area contributed by atoms with Crippen molar-refractivity contribution < 1.29 is 14.3 Å². The molecule has 0 aromatic heterocycles. The average molecular weight is 339 g/mol. The Morgan fingerprint density at radius 3 is 2.20 bits per heavy atom. The zero-order valence-corrected chi connectivity index (χ0v) is 14.9. The van der Waals surface area contributed by atoms with Crippen LogP contribution in [0.2, 0.25) is 0 Å². The number of carbonyl (C=O) groups excluding carboxylic acids is 2. The number of ether oxygens (including phenoxy) is 1. The molecule has 1 amide bonds. The Labute approximate surface area is 149 Å². The largest absolute Gasteiger partial charge is 0.494 e. The van der Waals surface area contributed by atoms with Crippen molar-refractivity contribution in [2.75, 3.05) is 11.9 Å². The molecule has 2 aromatic rings. The highest BCUT2D eigenvalue weighted by Crippen LogP contribution is 2.16. The summed E-state index contributed by atoms with van der Waals surface area (Å²) in [5, 5.41) is 2.80. The normalized spacial score (nSPS) is 10.3. The van der Waals surface area contributed by atoms with Crippen molar-refractivity contribution in [1.82, 2.24) is 0 Å². The number of hydrogen-bond donors (Lipinski definition) is 1. The molecule has 0 atom stereocenters. The minimum Gasteiger partial charge on any atom is -0.494 e. The van der Waals surface area contributed by atoms with E-state index in [4.69, 9.17) is 4.74 Å². The Hall–Kier alpha value is -2.62. The van der Waals surface area contributed by atoms with Crippen LogP contribution in [-0.2, 0) is 11.2 Å². The molecule has 0 radical (unpaired) electrons. The van der Waals surface area contributed by atoms with Gasteiger partial charge in [-0.15, -0.1) is 0 Å². The lowest BCUT2D eigenvalue weighted by Crippen LogP contribution is -2.13. The number of aryl methyl sites for hydroxylation is 1. The van der Waals surface area contributed by atoms with Gasteiger partial charge in [0, 0.05) is 24.1 Å². The molecule has 0 unspecified atom stereocenters. The van der Waals surface area contributed by atoms with Gasteiger partial charge in [-0.3, -0.25) is 9.59 Å². The first-order valence-corrected chi connectivity index (χ1v) is 8.77. The van der Waals surface area contributed by atoms with Crippen molar-refractivity contribution in [1.29, 1.82) is 0 Å². The molecule has 4 nitrogen and oxygen atoms in total. The standard InChI is InChI=1S/C21H25NO3/c1-3-5-16-6-8-17(9-7-16)20(23)14-15-21(24)22-18-10-12-19(13-11-18)25-4-2/h6-13H,3-5,14-15H2,1-2H3,(H,22,24). The third-order valence-corrected chi connectivity index (χ3v) is 3.84. The van der Waals surface area contributed by atoms with E-state index >= 15 is 0 Å². The summed E-state index contributed by atoms with van der Waals surface area (Å²) in [6, 6.07) is 14.8. The summed E-state index contributed by atoms with van der Waals surface area (Å²) in [5.41, 5.74) is 2.59. The Kier molecular flexibility index (Phi) is 7.20. The first kappa shape index (κ1) is 18.7. The Balaban J connectivity index is 1.81. The number of hydrogen-bond acceptors (Lipinski definition) is 3. The van der Waals surface area contributed by atoms with E-state index in [1.165, 1.54) is 5.56 Å². The van der Waals surface area contributed by atoms with Gasteiger partial charge in [-0.2, -0.15) is 0 Å². The van der Waals surface area contributed by atoms with Gasteiger partial charge in [-0.05, 0) is 43.2 Å². The van der Waals surface area contributed by atoms with Gasteiger partial charge in [0.2, 0.25) is 5.91 Å². The van der Waals surface area contributed by atoms with E-state index < -0.39 is 0 Å². The maximum Gasteiger partial charge on any atom is 0.224 e. The van der Waals surface area contributed by atoms with Crippen molar-refractivity contribution >= 4 is 17.4 Å². The minimum atomic E-state index is -0.167. The molecule has 0 saturated carbocycles. The number of ketones is 1. The maximum atomic E-state index is 12.2. The molecule has 2 rings (SSSR count). The lowest BCUT2D eigenvalue weighted by molar-refractivity contribution is -0.116. The number of rotatable bonds is 9. The van der Waals surface area contributed by atoms with Crippen LogP contribution < -0.4 is 10.1 Å². The van der Waals surface area contributed by atoms with Crippen molar-refractivity contribution in [3.8, 4) is 5.75 Å². The lowest BCUT2D eigenvalue weighted by atomic mass is 10.0. The number of Topliss-reactive ketones (excluding diaryl/α,β-unsaturated/α-hetero) is 1. The molecule has 0 aliphatic carbocycles. The maximum absolute atomic E-state index is 12.2. The van der Waals surface area contributed by atoms with Crippen molar-refractivity contribution in [3.05, 3.63) is 59.7 Å². The van der Waals surface area contributed by atoms with Crippen molar-refractivity contribution in [3.63, 3.8) is 0 Å². The smallest absolute Gasteiger partial charge is 0.224 e.